The van der Waals surface area contributed by atoms with Crippen LogP contribution in [-0.2, 0) is 22.4 Å². The van der Waals surface area contributed by atoms with Gasteiger partial charge in [-0.05, 0) is 59.4 Å². The molecule has 1 aliphatic carbocycles. The molecule has 0 radical (unpaired) electrons. The second kappa shape index (κ2) is 9.34. The average Bonchev–Trinajstić information content (AvgIpc) is 2.69. The molecule has 0 amide bonds. The van der Waals surface area contributed by atoms with Crippen LogP contribution in [0.5, 0.6) is 11.5 Å². The number of esters is 2. The number of carbonyl (C=O) groups excluding carboxylic acids is 2. The molecule has 0 N–H and O–H groups in total. The van der Waals surface area contributed by atoms with Gasteiger partial charge in [-0.25, -0.2) is 4.79 Å². The van der Waals surface area contributed by atoms with Gasteiger partial charge in [-0.3, -0.25) is 4.79 Å². The monoisotopic (exact) mass is 418 g/mol. The summed E-state index contributed by atoms with van der Waals surface area (Å²) in [6, 6.07) is 5.87. The molecule has 162 valence electrons. The maximum absolute atomic E-state index is 12.5. The Kier molecular flexibility index (Phi) is 6.79. The van der Waals surface area contributed by atoms with Crippen LogP contribution < -0.4 is 9.47 Å². The first-order chi connectivity index (χ1) is 14.7. The molecular weight excluding hydrogens is 388 g/mol. The number of aryl methyl sites for hydroxylation is 1. The van der Waals surface area contributed by atoms with E-state index in [-0.39, 0.29) is 5.97 Å². The van der Waals surface area contributed by atoms with Crippen LogP contribution in [0.3, 0.4) is 0 Å². The van der Waals surface area contributed by atoms with E-state index in [1.165, 1.54) is 18.1 Å². The van der Waals surface area contributed by atoms with Gasteiger partial charge in [-0.2, -0.15) is 0 Å². The zero-order valence-electron chi connectivity index (χ0n) is 19.1. The quantitative estimate of drug-likeness (QED) is 0.238. The molecule has 0 spiro atoms. The predicted molar refractivity (Wildman–Crippen MR) is 125 cm³/mol. The van der Waals surface area contributed by atoms with E-state index in [4.69, 9.17) is 9.47 Å². The van der Waals surface area contributed by atoms with Crippen LogP contribution in [0.2, 0.25) is 0 Å². The van der Waals surface area contributed by atoms with Gasteiger partial charge in [0.1, 0.15) is 11.5 Å². The van der Waals surface area contributed by atoms with Crippen molar-refractivity contribution in [3.63, 3.8) is 0 Å². The van der Waals surface area contributed by atoms with E-state index in [9.17, 15) is 9.59 Å². The summed E-state index contributed by atoms with van der Waals surface area (Å²) in [4.78, 5) is 24.4. The number of hydrogen-bond donors (Lipinski definition) is 0. The van der Waals surface area contributed by atoms with Crippen molar-refractivity contribution in [2.75, 3.05) is 0 Å². The first-order valence-electron chi connectivity index (χ1n) is 10.6. The third-order valence-corrected chi connectivity index (χ3v) is 5.38. The highest BCUT2D eigenvalue weighted by Gasteiger charge is 2.26. The van der Waals surface area contributed by atoms with Crippen molar-refractivity contribution < 1.29 is 19.1 Å². The first kappa shape index (κ1) is 22.5. The Labute approximate surface area is 184 Å². The third kappa shape index (κ3) is 5.13. The molecule has 0 aromatic heterocycles. The molecule has 4 heteroatoms. The molecule has 2 aromatic rings. The number of hydrogen-bond acceptors (Lipinski definition) is 4. The van der Waals surface area contributed by atoms with E-state index >= 15 is 0 Å². The van der Waals surface area contributed by atoms with Crippen LogP contribution in [0.25, 0.3) is 10.8 Å². The Morgan fingerprint density at radius 1 is 1.03 bits per heavy atom. The van der Waals surface area contributed by atoms with Crippen molar-refractivity contribution >= 4 is 22.7 Å². The SMILES string of the molecule is C=C(C)C(=O)Oc1c2c(c(OC(C)=O)c3cc(C)ccc13)CC=C(CCC=C(C)C)C2. The molecule has 31 heavy (non-hydrogen) atoms. The van der Waals surface area contributed by atoms with Gasteiger partial charge >= 0.3 is 11.9 Å². The summed E-state index contributed by atoms with van der Waals surface area (Å²) in [5.41, 5.74) is 5.78. The number of rotatable bonds is 6. The van der Waals surface area contributed by atoms with Gasteiger partial charge in [0.25, 0.3) is 0 Å². The lowest BCUT2D eigenvalue weighted by Gasteiger charge is -2.25. The lowest BCUT2D eigenvalue weighted by Crippen LogP contribution is -2.15. The maximum atomic E-state index is 12.5. The van der Waals surface area contributed by atoms with Crippen molar-refractivity contribution in [3.8, 4) is 11.5 Å². The Hall–Kier alpha value is -3.14. The standard InChI is InChI=1S/C27H30O4/c1-16(2)8-7-9-20-11-13-22-24(15-20)26(31-27(29)17(3)4)21-12-10-18(5)14-23(21)25(22)30-19(6)28/h8,10-12,14H,3,7,9,13,15H2,1-2,4-6H3. The highest BCUT2D eigenvalue weighted by Crippen LogP contribution is 2.45. The second-order valence-corrected chi connectivity index (χ2v) is 8.49. The number of allylic oxidation sites excluding steroid dienone is 4. The summed E-state index contributed by atoms with van der Waals surface area (Å²) in [5, 5.41) is 1.54. The fourth-order valence-electron chi connectivity index (χ4n) is 3.89. The maximum Gasteiger partial charge on any atom is 0.338 e. The highest BCUT2D eigenvalue weighted by molar-refractivity contribution is 6.00. The Bertz CT molecular complexity index is 1130. The third-order valence-electron chi connectivity index (χ3n) is 5.38. The lowest BCUT2D eigenvalue weighted by atomic mass is 9.85. The molecule has 0 bridgehead atoms. The van der Waals surface area contributed by atoms with E-state index in [0.29, 0.717) is 29.9 Å². The topological polar surface area (TPSA) is 52.6 Å². The summed E-state index contributed by atoms with van der Waals surface area (Å²) in [5.74, 6) is 0.289. The molecule has 0 saturated carbocycles. The molecule has 2 aromatic carbocycles. The van der Waals surface area contributed by atoms with Crippen molar-refractivity contribution in [1.82, 2.24) is 0 Å². The van der Waals surface area contributed by atoms with Gasteiger partial charge in [0.2, 0.25) is 0 Å². The summed E-state index contributed by atoms with van der Waals surface area (Å²) in [6.45, 7) is 12.9. The second-order valence-electron chi connectivity index (χ2n) is 8.49. The number of fused-ring (bicyclic) bond motifs is 2. The molecule has 1 aliphatic rings. The summed E-state index contributed by atoms with van der Waals surface area (Å²) >= 11 is 0. The summed E-state index contributed by atoms with van der Waals surface area (Å²) in [7, 11) is 0. The van der Waals surface area contributed by atoms with Crippen LogP contribution in [0.1, 0.15) is 57.2 Å². The van der Waals surface area contributed by atoms with Crippen molar-refractivity contribution in [1.29, 1.82) is 0 Å². The molecule has 0 atom stereocenters. The smallest absolute Gasteiger partial charge is 0.338 e. The molecule has 0 saturated heterocycles. The predicted octanol–water partition coefficient (Wildman–Crippen LogP) is 6.33. The largest absolute Gasteiger partial charge is 0.426 e. The Balaban J connectivity index is 2.18. The minimum absolute atomic E-state index is 0.341. The lowest BCUT2D eigenvalue weighted by molar-refractivity contribution is -0.132. The van der Waals surface area contributed by atoms with Crippen LogP contribution in [0, 0.1) is 6.92 Å². The van der Waals surface area contributed by atoms with E-state index < -0.39 is 5.97 Å². The summed E-state index contributed by atoms with van der Waals surface area (Å²) in [6.07, 6.45) is 7.62. The summed E-state index contributed by atoms with van der Waals surface area (Å²) < 4.78 is 11.6. The number of ether oxygens (including phenoxy) is 2. The Morgan fingerprint density at radius 2 is 1.74 bits per heavy atom. The molecule has 0 unspecified atom stereocenters. The fourth-order valence-corrected chi connectivity index (χ4v) is 3.89. The number of benzene rings is 2. The van der Waals surface area contributed by atoms with Gasteiger partial charge in [-0.1, -0.05) is 47.6 Å². The van der Waals surface area contributed by atoms with E-state index in [1.54, 1.807) is 6.92 Å². The molecule has 4 nitrogen and oxygen atoms in total. The Morgan fingerprint density at radius 3 is 2.39 bits per heavy atom. The minimum atomic E-state index is -0.454. The molecule has 0 aliphatic heterocycles. The minimum Gasteiger partial charge on any atom is -0.426 e. The van der Waals surface area contributed by atoms with Crippen molar-refractivity contribution in [2.45, 2.75) is 60.3 Å². The van der Waals surface area contributed by atoms with Crippen LogP contribution in [0.15, 0.2) is 53.6 Å². The van der Waals surface area contributed by atoms with Crippen molar-refractivity contribution in [3.05, 3.63) is 70.3 Å². The van der Waals surface area contributed by atoms with E-state index in [2.05, 4.69) is 32.6 Å². The molecule has 3 rings (SSSR count). The van der Waals surface area contributed by atoms with E-state index in [1.807, 2.05) is 25.1 Å². The fraction of sp³-hybridized carbons (Fsp3) is 0.333. The molecule has 0 fully saturated rings. The van der Waals surface area contributed by atoms with Gasteiger partial charge in [0.05, 0.1) is 0 Å². The van der Waals surface area contributed by atoms with Gasteiger partial charge in [-0.15, -0.1) is 0 Å². The van der Waals surface area contributed by atoms with Crippen LogP contribution in [0.4, 0.5) is 0 Å². The molecular formula is C27H30O4. The molecule has 0 heterocycles. The van der Waals surface area contributed by atoms with E-state index in [0.717, 1.165) is 40.3 Å². The van der Waals surface area contributed by atoms with Crippen LogP contribution >= 0.6 is 0 Å². The zero-order valence-corrected chi connectivity index (χ0v) is 19.1. The van der Waals surface area contributed by atoms with Gasteiger partial charge < -0.3 is 9.47 Å². The first-order valence-corrected chi connectivity index (χ1v) is 10.6. The van der Waals surface area contributed by atoms with Crippen molar-refractivity contribution in [2.24, 2.45) is 0 Å². The van der Waals surface area contributed by atoms with Gasteiger partial charge in [0.15, 0.2) is 0 Å². The van der Waals surface area contributed by atoms with Crippen LogP contribution in [-0.4, -0.2) is 11.9 Å². The number of carbonyl (C=O) groups is 2. The van der Waals surface area contributed by atoms with Gasteiger partial charge in [0, 0.05) is 34.4 Å². The zero-order chi connectivity index (χ0) is 22.7. The normalized spacial score (nSPS) is 12.6. The average molecular weight is 419 g/mol. The highest BCUT2D eigenvalue weighted by atomic mass is 16.5.